The van der Waals surface area contributed by atoms with Gasteiger partial charge in [-0.15, -0.1) is 34.3 Å². The van der Waals surface area contributed by atoms with Gasteiger partial charge in [-0.1, -0.05) is 0 Å². The zero-order valence-electron chi connectivity index (χ0n) is 7.87. The first-order chi connectivity index (χ1) is 7.24. The van der Waals surface area contributed by atoms with Crippen LogP contribution >= 0.6 is 50.2 Å². The van der Waals surface area contributed by atoms with Gasteiger partial charge in [0.15, 0.2) is 0 Å². The second-order valence-electron chi connectivity index (χ2n) is 2.85. The Labute approximate surface area is 110 Å². The molecule has 1 atom stereocenters. The van der Waals surface area contributed by atoms with E-state index in [4.69, 9.17) is 16.3 Å². The maximum Gasteiger partial charge on any atom is 0.134 e. The number of alkyl halides is 1. The number of halogens is 2. The summed E-state index contributed by atoms with van der Waals surface area (Å²) in [6.45, 7) is 0. The third-order valence-corrected chi connectivity index (χ3v) is 5.58. The Morgan fingerprint density at radius 3 is 2.53 bits per heavy atom. The molecule has 0 radical (unpaired) electrons. The largest absolute Gasteiger partial charge is 0.496 e. The first-order valence-corrected chi connectivity index (χ1v) is 7.21. The van der Waals surface area contributed by atoms with E-state index in [1.54, 1.807) is 29.8 Å². The molecule has 2 heterocycles. The van der Waals surface area contributed by atoms with E-state index in [1.165, 1.54) is 0 Å². The molecule has 1 unspecified atom stereocenters. The number of hydrogen-bond acceptors (Lipinski definition) is 3. The minimum atomic E-state index is -0.130. The fourth-order valence-electron chi connectivity index (χ4n) is 1.27. The molecule has 80 valence electrons. The summed E-state index contributed by atoms with van der Waals surface area (Å²) in [5.41, 5.74) is 0. The van der Waals surface area contributed by atoms with Crippen molar-refractivity contribution in [2.24, 2.45) is 0 Å². The van der Waals surface area contributed by atoms with Crippen LogP contribution in [0.3, 0.4) is 0 Å². The summed E-state index contributed by atoms with van der Waals surface area (Å²) >= 11 is 13.2. The topological polar surface area (TPSA) is 9.23 Å². The number of ether oxygens (including phenoxy) is 1. The fraction of sp³-hybridized carbons (Fsp3) is 0.200. The van der Waals surface area contributed by atoms with E-state index < -0.39 is 0 Å². The quantitative estimate of drug-likeness (QED) is 0.729. The van der Waals surface area contributed by atoms with E-state index in [2.05, 4.69) is 15.9 Å². The van der Waals surface area contributed by atoms with Gasteiger partial charge in [0.25, 0.3) is 0 Å². The fourth-order valence-corrected chi connectivity index (χ4v) is 4.44. The highest BCUT2D eigenvalue weighted by molar-refractivity contribution is 9.10. The molecule has 15 heavy (non-hydrogen) atoms. The average Bonchev–Trinajstić information content (AvgIpc) is 2.84. The summed E-state index contributed by atoms with van der Waals surface area (Å²) in [5, 5.41) is 3.88. The average molecular weight is 324 g/mol. The highest BCUT2D eigenvalue weighted by atomic mass is 79.9. The lowest BCUT2D eigenvalue weighted by molar-refractivity contribution is 0.413. The molecule has 2 aromatic heterocycles. The van der Waals surface area contributed by atoms with Crippen LogP contribution in [-0.2, 0) is 0 Å². The molecule has 0 fully saturated rings. The van der Waals surface area contributed by atoms with Gasteiger partial charge < -0.3 is 4.74 Å². The number of hydrogen-bond donors (Lipinski definition) is 0. The van der Waals surface area contributed by atoms with Crippen LogP contribution in [0.5, 0.6) is 5.75 Å². The van der Waals surface area contributed by atoms with Crippen molar-refractivity contribution in [3.63, 3.8) is 0 Å². The van der Waals surface area contributed by atoms with Gasteiger partial charge in [0.1, 0.15) is 11.1 Å². The molecule has 0 aliphatic rings. The second-order valence-corrected chi connectivity index (χ2v) is 6.03. The molecule has 0 saturated heterocycles. The number of thiophene rings is 2. The summed E-state index contributed by atoms with van der Waals surface area (Å²) in [5.74, 6) is 0.861. The minimum Gasteiger partial charge on any atom is -0.496 e. The molecule has 0 amide bonds. The summed E-state index contributed by atoms with van der Waals surface area (Å²) in [6.07, 6.45) is 0. The van der Waals surface area contributed by atoms with Gasteiger partial charge in [0.05, 0.1) is 12.0 Å². The maximum atomic E-state index is 6.41. The van der Waals surface area contributed by atoms with Crippen LogP contribution in [0.1, 0.15) is 15.1 Å². The van der Waals surface area contributed by atoms with Crippen molar-refractivity contribution in [3.05, 3.63) is 37.1 Å². The molecule has 2 aromatic rings. The highest BCUT2D eigenvalue weighted by Crippen LogP contribution is 2.43. The zero-order chi connectivity index (χ0) is 10.8. The van der Waals surface area contributed by atoms with Gasteiger partial charge in [0, 0.05) is 9.35 Å². The monoisotopic (exact) mass is 322 g/mol. The van der Waals surface area contributed by atoms with Gasteiger partial charge in [-0.25, -0.2) is 0 Å². The molecule has 0 spiro atoms. The predicted octanol–water partition coefficient (Wildman–Crippen LogP) is 4.91. The van der Waals surface area contributed by atoms with Gasteiger partial charge >= 0.3 is 0 Å². The Morgan fingerprint density at radius 1 is 1.27 bits per heavy atom. The van der Waals surface area contributed by atoms with E-state index in [1.807, 2.05) is 22.9 Å². The normalized spacial score (nSPS) is 12.7. The molecule has 0 aliphatic carbocycles. The predicted molar refractivity (Wildman–Crippen MR) is 70.6 cm³/mol. The Kier molecular flexibility index (Phi) is 3.72. The number of methoxy groups -OCH3 is 1. The van der Waals surface area contributed by atoms with Crippen LogP contribution in [0.2, 0.25) is 0 Å². The molecule has 1 nitrogen and oxygen atoms in total. The van der Waals surface area contributed by atoms with E-state index in [-0.39, 0.29) is 5.38 Å². The standard InChI is InChI=1S/C10H8BrClOS2/c1-13-7-3-5-15-10(7)8(12)9-6(11)2-4-14-9/h2-5,8H,1H3. The van der Waals surface area contributed by atoms with Crippen LogP contribution in [0.4, 0.5) is 0 Å². The van der Waals surface area contributed by atoms with E-state index in [0.29, 0.717) is 0 Å². The summed E-state index contributed by atoms with van der Waals surface area (Å²) in [4.78, 5) is 2.18. The van der Waals surface area contributed by atoms with Gasteiger partial charge in [0.2, 0.25) is 0 Å². The zero-order valence-corrected chi connectivity index (χ0v) is 11.8. The minimum absolute atomic E-state index is 0.130. The van der Waals surface area contributed by atoms with E-state index in [9.17, 15) is 0 Å². The Morgan fingerprint density at radius 2 is 1.93 bits per heavy atom. The van der Waals surface area contributed by atoms with Crippen LogP contribution in [0.25, 0.3) is 0 Å². The Balaban J connectivity index is 2.36. The molecule has 0 aromatic carbocycles. The van der Waals surface area contributed by atoms with E-state index in [0.717, 1.165) is 20.0 Å². The van der Waals surface area contributed by atoms with E-state index >= 15 is 0 Å². The first-order valence-electron chi connectivity index (χ1n) is 4.22. The SMILES string of the molecule is COc1ccsc1C(Cl)c1sccc1Br. The van der Waals surface area contributed by atoms with Crippen molar-refractivity contribution in [2.45, 2.75) is 5.38 Å². The third-order valence-electron chi connectivity index (χ3n) is 1.98. The summed E-state index contributed by atoms with van der Waals surface area (Å²) in [7, 11) is 1.67. The molecule has 5 heteroatoms. The molecular formula is C10H8BrClOS2. The summed E-state index contributed by atoms with van der Waals surface area (Å²) < 4.78 is 6.32. The molecule has 0 saturated carbocycles. The van der Waals surface area contributed by atoms with Crippen LogP contribution in [0.15, 0.2) is 27.4 Å². The van der Waals surface area contributed by atoms with Crippen molar-refractivity contribution < 1.29 is 4.74 Å². The van der Waals surface area contributed by atoms with Crippen molar-refractivity contribution in [1.82, 2.24) is 0 Å². The Hall–Kier alpha value is -0.0300. The second kappa shape index (κ2) is 4.87. The summed E-state index contributed by atoms with van der Waals surface area (Å²) in [6, 6.07) is 3.95. The Bertz CT molecular complexity index is 452. The van der Waals surface area contributed by atoms with Crippen LogP contribution in [0, 0.1) is 0 Å². The molecule has 0 bridgehead atoms. The van der Waals surface area contributed by atoms with Crippen LogP contribution in [-0.4, -0.2) is 7.11 Å². The van der Waals surface area contributed by atoms with Crippen molar-refractivity contribution in [2.75, 3.05) is 7.11 Å². The maximum absolute atomic E-state index is 6.41. The molecule has 2 rings (SSSR count). The highest BCUT2D eigenvalue weighted by Gasteiger charge is 2.20. The van der Waals surface area contributed by atoms with Gasteiger partial charge in [-0.3, -0.25) is 0 Å². The smallest absolute Gasteiger partial charge is 0.134 e. The third kappa shape index (κ3) is 2.23. The first kappa shape index (κ1) is 11.5. The number of rotatable bonds is 3. The molecule has 0 N–H and O–H groups in total. The van der Waals surface area contributed by atoms with Gasteiger partial charge in [-0.05, 0) is 38.8 Å². The molecular weight excluding hydrogens is 316 g/mol. The van der Waals surface area contributed by atoms with Crippen molar-refractivity contribution in [1.29, 1.82) is 0 Å². The van der Waals surface area contributed by atoms with Crippen molar-refractivity contribution in [3.8, 4) is 5.75 Å². The van der Waals surface area contributed by atoms with Gasteiger partial charge in [-0.2, -0.15) is 0 Å². The lowest BCUT2D eigenvalue weighted by Gasteiger charge is -2.08. The lowest BCUT2D eigenvalue weighted by Crippen LogP contribution is -1.91. The van der Waals surface area contributed by atoms with Crippen molar-refractivity contribution >= 4 is 50.2 Å². The molecule has 0 aliphatic heterocycles. The lowest BCUT2D eigenvalue weighted by atomic mass is 10.3. The van der Waals surface area contributed by atoms with Crippen LogP contribution < -0.4 is 4.74 Å².